The van der Waals surface area contributed by atoms with E-state index in [9.17, 15) is 0 Å². The first-order chi connectivity index (χ1) is 17.7. The average Bonchev–Trinajstić information content (AvgIpc) is 3.47. The van der Waals surface area contributed by atoms with Crippen LogP contribution in [0.5, 0.6) is 0 Å². The molecule has 0 unspecified atom stereocenters. The Morgan fingerprint density at radius 1 is 0.703 bits per heavy atom. The number of benzene rings is 2. The highest BCUT2D eigenvalue weighted by molar-refractivity contribution is 5.81. The Morgan fingerprint density at radius 2 is 1.46 bits per heavy atom. The molecule has 1 aliphatic carbocycles. The van der Waals surface area contributed by atoms with E-state index in [1.54, 1.807) is 0 Å². The maximum Gasteiger partial charge on any atom is 0.0744 e. The van der Waals surface area contributed by atoms with Crippen LogP contribution in [0.3, 0.4) is 0 Å². The zero-order valence-electron chi connectivity index (χ0n) is 22.4. The second-order valence-electron chi connectivity index (χ2n) is 11.2. The molecule has 0 saturated carbocycles. The van der Waals surface area contributed by atoms with Crippen LogP contribution in [0.1, 0.15) is 61.6 Å². The fourth-order valence-corrected chi connectivity index (χ4v) is 5.66. The first-order valence-corrected chi connectivity index (χ1v) is 12.9. The molecule has 5 aromatic rings. The zero-order valence-corrected chi connectivity index (χ0v) is 22.4. The van der Waals surface area contributed by atoms with Gasteiger partial charge >= 0.3 is 0 Å². The summed E-state index contributed by atoms with van der Waals surface area (Å²) in [6.07, 6.45) is 2.06. The van der Waals surface area contributed by atoms with Crippen LogP contribution >= 0.6 is 0 Å². The molecule has 37 heavy (non-hydrogen) atoms. The molecule has 0 bridgehead atoms. The summed E-state index contributed by atoms with van der Waals surface area (Å²) in [5.41, 5.74) is 12.0. The van der Waals surface area contributed by atoms with E-state index in [0.29, 0.717) is 0 Å². The Kier molecular flexibility index (Phi) is 5.20. The van der Waals surface area contributed by atoms with Crippen LogP contribution in [0, 0.1) is 13.8 Å². The zero-order chi connectivity index (χ0) is 25.9. The van der Waals surface area contributed by atoms with Gasteiger partial charge in [-0.1, -0.05) is 50.2 Å². The number of rotatable bonds is 4. The van der Waals surface area contributed by atoms with E-state index in [1.807, 2.05) is 24.6 Å². The molecule has 0 fully saturated rings. The van der Waals surface area contributed by atoms with E-state index in [2.05, 4.69) is 112 Å². The minimum absolute atomic E-state index is 0.0372. The molecule has 0 aliphatic heterocycles. The van der Waals surface area contributed by atoms with Gasteiger partial charge in [0.05, 0.1) is 28.2 Å². The topological polar surface area (TPSA) is 43.6 Å². The van der Waals surface area contributed by atoms with Crippen LogP contribution < -0.4 is 0 Å². The van der Waals surface area contributed by atoms with Gasteiger partial charge in [-0.05, 0) is 92.4 Å². The van der Waals surface area contributed by atoms with E-state index < -0.39 is 0 Å². The Morgan fingerprint density at radius 3 is 2.27 bits per heavy atom. The lowest BCUT2D eigenvalue weighted by Gasteiger charge is -2.23. The summed E-state index contributed by atoms with van der Waals surface area (Å²) in [5, 5.41) is 5.05. The highest BCUT2D eigenvalue weighted by Crippen LogP contribution is 2.49. The van der Waals surface area contributed by atoms with Crippen LogP contribution in [-0.4, -0.2) is 19.7 Å². The molecule has 0 radical (unpaired) electrons. The number of nitrogens with zero attached hydrogens (tertiary/aromatic N) is 4. The van der Waals surface area contributed by atoms with Gasteiger partial charge in [0.1, 0.15) is 0 Å². The second kappa shape index (κ2) is 8.24. The highest BCUT2D eigenvalue weighted by Gasteiger charge is 2.35. The standard InChI is InChI=1S/C33H32N4/c1-21-14-16-24(22(2)34-21)29-12-9-13-30(35-29)33(5,6)31-18-19-37(36-31)23-15-17-26-25-10-7-8-11-27(25)32(3,4)28(26)20-23/h7-20H,1-6H3. The quantitative estimate of drug-likeness (QED) is 0.264. The number of aromatic nitrogens is 4. The SMILES string of the molecule is Cc1ccc(-c2cccc(C(C)(C)c3ccn(-c4ccc5c(c4)C(C)(C)c4ccccc4-5)n3)n2)c(C)n1. The highest BCUT2D eigenvalue weighted by atomic mass is 15.3. The van der Waals surface area contributed by atoms with Crippen molar-refractivity contribution in [2.45, 2.75) is 52.4 Å². The van der Waals surface area contributed by atoms with Crippen molar-refractivity contribution in [3.05, 3.63) is 119 Å². The predicted octanol–water partition coefficient (Wildman–Crippen LogP) is 7.58. The summed E-state index contributed by atoms with van der Waals surface area (Å²) in [6, 6.07) is 27.9. The van der Waals surface area contributed by atoms with Gasteiger partial charge in [-0.15, -0.1) is 0 Å². The molecule has 0 atom stereocenters. The third-order valence-corrected chi connectivity index (χ3v) is 7.95. The molecule has 6 rings (SSSR count). The molecule has 3 heterocycles. The van der Waals surface area contributed by atoms with Crippen molar-refractivity contribution in [1.82, 2.24) is 19.7 Å². The van der Waals surface area contributed by atoms with Gasteiger partial charge in [-0.2, -0.15) is 5.10 Å². The fourth-order valence-electron chi connectivity index (χ4n) is 5.66. The Hall–Kier alpha value is -4.05. The number of hydrogen-bond acceptors (Lipinski definition) is 3. The van der Waals surface area contributed by atoms with E-state index in [0.717, 1.165) is 39.7 Å². The Balaban J connectivity index is 1.35. The molecule has 0 N–H and O–H groups in total. The van der Waals surface area contributed by atoms with Gasteiger partial charge in [-0.3, -0.25) is 9.97 Å². The molecule has 184 valence electrons. The lowest BCUT2D eigenvalue weighted by Crippen LogP contribution is -2.22. The van der Waals surface area contributed by atoms with Gasteiger partial charge in [-0.25, -0.2) is 4.68 Å². The van der Waals surface area contributed by atoms with Crippen molar-refractivity contribution in [3.8, 4) is 28.1 Å². The predicted molar refractivity (Wildman–Crippen MR) is 150 cm³/mol. The lowest BCUT2D eigenvalue weighted by atomic mass is 9.82. The van der Waals surface area contributed by atoms with Gasteiger partial charge in [0.25, 0.3) is 0 Å². The molecule has 0 saturated heterocycles. The molecule has 3 aromatic heterocycles. The van der Waals surface area contributed by atoms with Gasteiger partial charge in [0.15, 0.2) is 0 Å². The molecule has 4 heteroatoms. The fraction of sp³-hybridized carbons (Fsp3) is 0.242. The van der Waals surface area contributed by atoms with E-state index in [4.69, 9.17) is 10.1 Å². The number of pyridine rings is 2. The van der Waals surface area contributed by atoms with Crippen molar-refractivity contribution < 1.29 is 0 Å². The molecule has 0 amide bonds. The smallest absolute Gasteiger partial charge is 0.0744 e. The van der Waals surface area contributed by atoms with Crippen LogP contribution in [0.2, 0.25) is 0 Å². The van der Waals surface area contributed by atoms with Crippen LogP contribution in [0.15, 0.2) is 85.1 Å². The summed E-state index contributed by atoms with van der Waals surface area (Å²) >= 11 is 0. The minimum atomic E-state index is -0.362. The van der Waals surface area contributed by atoms with Crippen LogP contribution in [0.25, 0.3) is 28.1 Å². The van der Waals surface area contributed by atoms with Crippen molar-refractivity contribution in [2.75, 3.05) is 0 Å². The monoisotopic (exact) mass is 484 g/mol. The van der Waals surface area contributed by atoms with E-state index in [-0.39, 0.29) is 10.8 Å². The van der Waals surface area contributed by atoms with Crippen molar-refractivity contribution in [2.24, 2.45) is 0 Å². The number of aryl methyl sites for hydroxylation is 2. The van der Waals surface area contributed by atoms with Gasteiger partial charge in [0.2, 0.25) is 0 Å². The third-order valence-electron chi connectivity index (χ3n) is 7.95. The summed E-state index contributed by atoms with van der Waals surface area (Å²) in [4.78, 5) is 9.69. The van der Waals surface area contributed by atoms with Gasteiger partial charge in [0, 0.05) is 28.6 Å². The summed E-state index contributed by atoms with van der Waals surface area (Å²) in [5.74, 6) is 0. The van der Waals surface area contributed by atoms with Crippen molar-refractivity contribution in [3.63, 3.8) is 0 Å². The largest absolute Gasteiger partial charge is 0.258 e. The normalized spacial score (nSPS) is 13.9. The molecule has 0 spiro atoms. The second-order valence-corrected chi connectivity index (χ2v) is 11.2. The van der Waals surface area contributed by atoms with Crippen LogP contribution in [-0.2, 0) is 10.8 Å². The number of fused-ring (bicyclic) bond motifs is 3. The minimum Gasteiger partial charge on any atom is -0.258 e. The summed E-state index contributed by atoms with van der Waals surface area (Å²) in [6.45, 7) is 13.1. The summed E-state index contributed by atoms with van der Waals surface area (Å²) in [7, 11) is 0. The molecular weight excluding hydrogens is 452 g/mol. The molecule has 1 aliphatic rings. The van der Waals surface area contributed by atoms with Crippen LogP contribution in [0.4, 0.5) is 0 Å². The molecule has 4 nitrogen and oxygen atoms in total. The number of hydrogen-bond donors (Lipinski definition) is 0. The molecule has 2 aromatic carbocycles. The Labute approximate surface area is 219 Å². The van der Waals surface area contributed by atoms with Crippen molar-refractivity contribution in [1.29, 1.82) is 0 Å². The van der Waals surface area contributed by atoms with E-state index >= 15 is 0 Å². The summed E-state index contributed by atoms with van der Waals surface area (Å²) < 4.78 is 1.99. The first kappa shape index (κ1) is 23.4. The van der Waals surface area contributed by atoms with Crippen molar-refractivity contribution >= 4 is 0 Å². The molecular formula is C33H32N4. The maximum absolute atomic E-state index is 5.06. The first-order valence-electron chi connectivity index (χ1n) is 12.9. The third kappa shape index (κ3) is 3.71. The Bertz CT molecular complexity index is 1660. The average molecular weight is 485 g/mol. The lowest BCUT2D eigenvalue weighted by molar-refractivity contribution is 0.585. The maximum atomic E-state index is 5.06. The van der Waals surface area contributed by atoms with Gasteiger partial charge < -0.3 is 0 Å². The van der Waals surface area contributed by atoms with E-state index in [1.165, 1.54) is 22.3 Å².